The fourth-order valence-corrected chi connectivity index (χ4v) is 2.37. The van der Waals surface area contributed by atoms with Crippen molar-refractivity contribution in [1.82, 2.24) is 10.2 Å². The van der Waals surface area contributed by atoms with Crippen LogP contribution >= 0.6 is 24.8 Å². The van der Waals surface area contributed by atoms with E-state index in [1.807, 2.05) is 13.0 Å². The van der Waals surface area contributed by atoms with Crippen LogP contribution in [0.1, 0.15) is 30.9 Å². The van der Waals surface area contributed by atoms with E-state index in [2.05, 4.69) is 29.8 Å². The van der Waals surface area contributed by atoms with Gasteiger partial charge in [-0.3, -0.25) is 4.90 Å². The highest BCUT2D eigenvalue weighted by Crippen LogP contribution is 2.28. The van der Waals surface area contributed by atoms with Gasteiger partial charge >= 0.3 is 0 Å². The third kappa shape index (κ3) is 5.19. The van der Waals surface area contributed by atoms with E-state index in [1.165, 1.54) is 5.57 Å². The summed E-state index contributed by atoms with van der Waals surface area (Å²) in [6, 6.07) is 4.50. The quantitative estimate of drug-likeness (QED) is 0.865. The monoisotopic (exact) mass is 306 g/mol. The van der Waals surface area contributed by atoms with Gasteiger partial charge in [0, 0.05) is 26.2 Å². The fraction of sp³-hybridized carbons (Fsp3) is 0.571. The minimum Gasteiger partial charge on any atom is -0.465 e. The molecule has 5 heteroatoms. The topological polar surface area (TPSA) is 28.4 Å². The van der Waals surface area contributed by atoms with Crippen molar-refractivity contribution < 1.29 is 4.42 Å². The molecule has 0 radical (unpaired) electrons. The fourth-order valence-electron chi connectivity index (χ4n) is 2.37. The number of aryl methyl sites for hydroxylation is 1. The van der Waals surface area contributed by atoms with Crippen molar-refractivity contribution >= 4 is 24.8 Å². The molecule has 0 unspecified atom stereocenters. The van der Waals surface area contributed by atoms with Gasteiger partial charge in [-0.15, -0.1) is 31.4 Å². The Labute approximate surface area is 128 Å². The Morgan fingerprint density at radius 2 is 2.00 bits per heavy atom. The Hall–Kier alpha value is -0.480. The van der Waals surface area contributed by atoms with E-state index in [9.17, 15) is 0 Å². The van der Waals surface area contributed by atoms with E-state index in [4.69, 9.17) is 4.42 Å². The molecule has 2 rings (SSSR count). The molecule has 0 bridgehead atoms. The Balaban J connectivity index is 0.00000162. The maximum Gasteiger partial charge on any atom is 0.121 e. The highest BCUT2D eigenvalue weighted by Gasteiger charge is 2.24. The standard InChI is InChI=1S/C14H22N2O.2ClH/c1-11(2)10-13(14-5-4-12(3)17-14)16-8-6-15-7-9-16;;/h4-5,13,15H,1,6-10H2,2-3H3;2*1H/t13-;;/m0../s1. The van der Waals surface area contributed by atoms with Crippen molar-refractivity contribution in [3.05, 3.63) is 35.8 Å². The van der Waals surface area contributed by atoms with Crippen LogP contribution in [0.15, 0.2) is 28.7 Å². The lowest BCUT2D eigenvalue weighted by molar-refractivity contribution is 0.152. The van der Waals surface area contributed by atoms with Gasteiger partial charge in [0.2, 0.25) is 0 Å². The van der Waals surface area contributed by atoms with Crippen LogP contribution in [-0.2, 0) is 0 Å². The van der Waals surface area contributed by atoms with Gasteiger partial charge in [0.05, 0.1) is 6.04 Å². The Morgan fingerprint density at radius 1 is 1.37 bits per heavy atom. The molecule has 1 aliphatic rings. The normalized spacial score (nSPS) is 17.2. The lowest BCUT2D eigenvalue weighted by Gasteiger charge is -2.34. The Bertz CT molecular complexity index is 387. The first-order valence-electron chi connectivity index (χ1n) is 6.32. The zero-order valence-corrected chi connectivity index (χ0v) is 13.3. The molecule has 0 amide bonds. The van der Waals surface area contributed by atoms with E-state index in [-0.39, 0.29) is 24.8 Å². The number of furan rings is 1. The summed E-state index contributed by atoms with van der Waals surface area (Å²) in [5, 5.41) is 3.38. The van der Waals surface area contributed by atoms with Crippen molar-refractivity contribution in [2.75, 3.05) is 26.2 Å². The van der Waals surface area contributed by atoms with Gasteiger partial charge in [-0.2, -0.15) is 0 Å². The van der Waals surface area contributed by atoms with Crippen LogP contribution < -0.4 is 5.32 Å². The first-order valence-corrected chi connectivity index (χ1v) is 6.32. The Morgan fingerprint density at radius 3 is 2.47 bits per heavy atom. The summed E-state index contributed by atoms with van der Waals surface area (Å²) >= 11 is 0. The SMILES string of the molecule is C=C(C)C[C@@H](c1ccc(C)o1)N1CCNCC1.Cl.Cl. The van der Waals surface area contributed by atoms with E-state index < -0.39 is 0 Å². The van der Waals surface area contributed by atoms with E-state index in [0.29, 0.717) is 6.04 Å². The smallest absolute Gasteiger partial charge is 0.121 e. The van der Waals surface area contributed by atoms with Gasteiger partial charge in [0.1, 0.15) is 11.5 Å². The van der Waals surface area contributed by atoms with E-state index in [0.717, 1.165) is 44.1 Å². The summed E-state index contributed by atoms with van der Waals surface area (Å²) in [4.78, 5) is 2.49. The molecule has 1 aliphatic heterocycles. The number of hydrogen-bond donors (Lipinski definition) is 1. The molecule has 1 N–H and O–H groups in total. The lowest BCUT2D eigenvalue weighted by Crippen LogP contribution is -2.45. The summed E-state index contributed by atoms with van der Waals surface area (Å²) in [6.45, 7) is 12.4. The molecule has 110 valence electrons. The first-order chi connectivity index (χ1) is 8.16. The highest BCUT2D eigenvalue weighted by molar-refractivity contribution is 5.85. The molecule has 1 aromatic heterocycles. The third-order valence-corrected chi connectivity index (χ3v) is 3.22. The predicted molar refractivity (Wildman–Crippen MR) is 84.6 cm³/mol. The van der Waals surface area contributed by atoms with Gasteiger partial charge in [0.25, 0.3) is 0 Å². The molecular weight excluding hydrogens is 283 g/mol. The number of hydrogen-bond acceptors (Lipinski definition) is 3. The zero-order valence-electron chi connectivity index (χ0n) is 11.6. The van der Waals surface area contributed by atoms with Crippen LogP contribution in [0, 0.1) is 6.92 Å². The maximum absolute atomic E-state index is 5.80. The van der Waals surface area contributed by atoms with Crippen LogP contribution in [-0.4, -0.2) is 31.1 Å². The molecule has 3 nitrogen and oxygen atoms in total. The molecule has 2 heterocycles. The van der Waals surface area contributed by atoms with Crippen molar-refractivity contribution in [1.29, 1.82) is 0 Å². The van der Waals surface area contributed by atoms with Crippen molar-refractivity contribution in [3.63, 3.8) is 0 Å². The summed E-state index contributed by atoms with van der Waals surface area (Å²) < 4.78 is 5.80. The molecular formula is C14H24Cl2N2O. The largest absolute Gasteiger partial charge is 0.465 e. The van der Waals surface area contributed by atoms with E-state index in [1.54, 1.807) is 0 Å². The third-order valence-electron chi connectivity index (χ3n) is 3.22. The van der Waals surface area contributed by atoms with Crippen LogP contribution in [0.4, 0.5) is 0 Å². The number of nitrogens with zero attached hydrogens (tertiary/aromatic N) is 1. The lowest BCUT2D eigenvalue weighted by atomic mass is 10.0. The second-order valence-corrected chi connectivity index (χ2v) is 4.91. The number of halogens is 2. The van der Waals surface area contributed by atoms with E-state index >= 15 is 0 Å². The Kier molecular flexibility index (Phi) is 8.42. The average molecular weight is 307 g/mol. The van der Waals surface area contributed by atoms with Crippen molar-refractivity contribution in [2.45, 2.75) is 26.3 Å². The average Bonchev–Trinajstić information content (AvgIpc) is 2.73. The molecule has 0 aromatic carbocycles. The number of rotatable bonds is 4. The van der Waals surface area contributed by atoms with Crippen molar-refractivity contribution in [3.8, 4) is 0 Å². The van der Waals surface area contributed by atoms with Crippen LogP contribution in [0.25, 0.3) is 0 Å². The number of nitrogens with one attached hydrogen (secondary N) is 1. The molecule has 19 heavy (non-hydrogen) atoms. The first kappa shape index (κ1) is 18.5. The summed E-state index contributed by atoms with van der Waals surface area (Å²) in [5.41, 5.74) is 1.21. The minimum absolute atomic E-state index is 0. The molecule has 0 saturated carbocycles. The maximum atomic E-state index is 5.80. The van der Waals surface area contributed by atoms with Gasteiger partial charge in [-0.1, -0.05) is 5.57 Å². The molecule has 1 fully saturated rings. The predicted octanol–water partition coefficient (Wildman–Crippen LogP) is 3.34. The molecule has 0 aliphatic carbocycles. The molecule has 1 saturated heterocycles. The molecule has 0 spiro atoms. The summed E-state index contributed by atoms with van der Waals surface area (Å²) in [5.74, 6) is 2.06. The van der Waals surface area contributed by atoms with Crippen LogP contribution in [0.2, 0.25) is 0 Å². The van der Waals surface area contributed by atoms with Gasteiger partial charge in [-0.05, 0) is 32.4 Å². The molecule has 1 atom stereocenters. The second-order valence-electron chi connectivity index (χ2n) is 4.91. The summed E-state index contributed by atoms with van der Waals surface area (Å²) in [7, 11) is 0. The van der Waals surface area contributed by atoms with Gasteiger partial charge < -0.3 is 9.73 Å². The zero-order chi connectivity index (χ0) is 12.3. The minimum atomic E-state index is 0. The second kappa shape index (κ2) is 8.64. The molecule has 1 aromatic rings. The van der Waals surface area contributed by atoms with Gasteiger partial charge in [0.15, 0.2) is 0 Å². The van der Waals surface area contributed by atoms with Gasteiger partial charge in [-0.25, -0.2) is 0 Å². The van der Waals surface area contributed by atoms with Crippen LogP contribution in [0.3, 0.4) is 0 Å². The summed E-state index contributed by atoms with van der Waals surface area (Å²) in [6.07, 6.45) is 0.979. The highest BCUT2D eigenvalue weighted by atomic mass is 35.5. The number of piperazine rings is 1. The van der Waals surface area contributed by atoms with Crippen LogP contribution in [0.5, 0.6) is 0 Å². The van der Waals surface area contributed by atoms with Crippen molar-refractivity contribution in [2.24, 2.45) is 0 Å².